The molecule has 4 rings (SSSR count). The highest BCUT2D eigenvalue weighted by Crippen LogP contribution is 2.46. The number of benzene rings is 2. The molecule has 0 spiro atoms. The molecular weight excluding hydrogens is 346 g/mol. The second-order valence-electron chi connectivity index (χ2n) is 6.33. The fourth-order valence-corrected chi connectivity index (χ4v) is 4.85. The molecule has 25 heavy (non-hydrogen) atoms. The van der Waals surface area contributed by atoms with E-state index in [4.69, 9.17) is 0 Å². The molecule has 0 aliphatic carbocycles. The monoisotopic (exact) mass is 365 g/mol. The SMILES string of the molecule is CSc1ccc(C2CC(=O)Nc3c(-c4ccc(C)cc4)csc32)cc1. The number of thiophene rings is 1. The molecule has 126 valence electrons. The zero-order valence-electron chi connectivity index (χ0n) is 14.2. The minimum absolute atomic E-state index is 0.0956. The normalized spacial score (nSPS) is 16.4. The van der Waals surface area contributed by atoms with Crippen LogP contribution in [0.5, 0.6) is 0 Å². The van der Waals surface area contributed by atoms with Crippen LogP contribution in [0.1, 0.15) is 28.3 Å². The Hall–Kier alpha value is -2.04. The summed E-state index contributed by atoms with van der Waals surface area (Å²) in [5.41, 5.74) is 5.72. The van der Waals surface area contributed by atoms with Gasteiger partial charge in [-0.05, 0) is 36.4 Å². The van der Waals surface area contributed by atoms with Crippen LogP contribution in [0, 0.1) is 6.92 Å². The highest BCUT2D eigenvalue weighted by molar-refractivity contribution is 7.98. The van der Waals surface area contributed by atoms with Crippen molar-refractivity contribution in [1.29, 1.82) is 0 Å². The van der Waals surface area contributed by atoms with E-state index in [9.17, 15) is 4.79 Å². The zero-order valence-corrected chi connectivity index (χ0v) is 15.8. The van der Waals surface area contributed by atoms with Crippen molar-refractivity contribution < 1.29 is 4.79 Å². The van der Waals surface area contributed by atoms with Crippen LogP contribution in [0.25, 0.3) is 11.1 Å². The molecule has 0 radical (unpaired) electrons. The van der Waals surface area contributed by atoms with Crippen LogP contribution >= 0.6 is 23.1 Å². The first-order valence-corrected chi connectivity index (χ1v) is 10.4. The first kappa shape index (κ1) is 16.4. The Morgan fingerprint density at radius 1 is 1.08 bits per heavy atom. The fourth-order valence-electron chi connectivity index (χ4n) is 3.28. The maximum Gasteiger partial charge on any atom is 0.225 e. The van der Waals surface area contributed by atoms with Crippen LogP contribution in [0.3, 0.4) is 0 Å². The van der Waals surface area contributed by atoms with Gasteiger partial charge in [-0.1, -0.05) is 42.0 Å². The van der Waals surface area contributed by atoms with Crippen molar-refractivity contribution in [2.24, 2.45) is 0 Å². The third kappa shape index (κ3) is 3.12. The van der Waals surface area contributed by atoms with E-state index < -0.39 is 0 Å². The van der Waals surface area contributed by atoms with Crippen molar-refractivity contribution >= 4 is 34.7 Å². The molecule has 1 aromatic heterocycles. The summed E-state index contributed by atoms with van der Waals surface area (Å²) in [4.78, 5) is 14.9. The highest BCUT2D eigenvalue weighted by atomic mass is 32.2. The summed E-state index contributed by atoms with van der Waals surface area (Å²) in [6.45, 7) is 2.09. The summed E-state index contributed by atoms with van der Waals surface area (Å²) in [7, 11) is 0. The summed E-state index contributed by atoms with van der Waals surface area (Å²) in [6, 6.07) is 17.1. The van der Waals surface area contributed by atoms with E-state index in [1.165, 1.54) is 20.9 Å². The van der Waals surface area contributed by atoms with E-state index in [1.807, 2.05) is 0 Å². The maximum absolute atomic E-state index is 12.4. The molecule has 0 bridgehead atoms. The second kappa shape index (κ2) is 6.70. The predicted molar refractivity (Wildman–Crippen MR) is 108 cm³/mol. The Morgan fingerprint density at radius 2 is 1.80 bits per heavy atom. The molecule has 1 unspecified atom stereocenters. The predicted octanol–water partition coefficient (Wildman–Crippen LogP) is 5.92. The number of hydrogen-bond donors (Lipinski definition) is 1. The van der Waals surface area contributed by atoms with Gasteiger partial charge in [0.2, 0.25) is 5.91 Å². The lowest BCUT2D eigenvalue weighted by Gasteiger charge is -2.24. The van der Waals surface area contributed by atoms with Crippen molar-refractivity contribution in [3.8, 4) is 11.1 Å². The number of nitrogens with one attached hydrogen (secondary N) is 1. The van der Waals surface area contributed by atoms with Gasteiger partial charge in [-0.15, -0.1) is 23.1 Å². The Bertz CT molecular complexity index is 910. The van der Waals surface area contributed by atoms with Gasteiger partial charge in [-0.3, -0.25) is 4.79 Å². The number of carbonyl (C=O) groups excluding carboxylic acids is 1. The van der Waals surface area contributed by atoms with E-state index >= 15 is 0 Å². The highest BCUT2D eigenvalue weighted by Gasteiger charge is 2.30. The number of thioether (sulfide) groups is 1. The molecule has 0 saturated heterocycles. The van der Waals surface area contributed by atoms with Crippen molar-refractivity contribution in [1.82, 2.24) is 0 Å². The first-order valence-electron chi connectivity index (χ1n) is 8.28. The molecule has 2 aromatic carbocycles. The Morgan fingerprint density at radius 3 is 2.48 bits per heavy atom. The number of hydrogen-bond acceptors (Lipinski definition) is 3. The van der Waals surface area contributed by atoms with Crippen LogP contribution in [-0.4, -0.2) is 12.2 Å². The number of rotatable bonds is 3. The third-order valence-corrected chi connectivity index (χ3v) is 6.51. The van der Waals surface area contributed by atoms with Crippen LogP contribution in [-0.2, 0) is 4.79 Å². The molecule has 2 nitrogen and oxygen atoms in total. The van der Waals surface area contributed by atoms with E-state index in [1.54, 1.807) is 23.1 Å². The van der Waals surface area contributed by atoms with Gasteiger partial charge in [0.05, 0.1) is 5.69 Å². The molecule has 2 heterocycles. The van der Waals surface area contributed by atoms with Gasteiger partial charge in [0.15, 0.2) is 0 Å². The molecule has 1 aliphatic heterocycles. The number of fused-ring (bicyclic) bond motifs is 1. The van der Waals surface area contributed by atoms with Gasteiger partial charge < -0.3 is 5.32 Å². The summed E-state index contributed by atoms with van der Waals surface area (Å²) >= 11 is 3.48. The quantitative estimate of drug-likeness (QED) is 0.584. The molecule has 1 aliphatic rings. The summed E-state index contributed by atoms with van der Waals surface area (Å²) in [6.07, 6.45) is 2.59. The topological polar surface area (TPSA) is 29.1 Å². The van der Waals surface area contributed by atoms with E-state index in [0.717, 1.165) is 16.8 Å². The standard InChI is InChI=1S/C21H19NOS2/c1-13-3-5-15(6-4-13)18-12-25-21-17(11-19(23)22-20(18)21)14-7-9-16(24-2)10-8-14/h3-10,12,17H,11H2,1-2H3,(H,22,23). The molecular formula is C21H19NOS2. The van der Waals surface area contributed by atoms with Crippen molar-refractivity contribution in [3.05, 3.63) is 69.9 Å². The van der Waals surface area contributed by atoms with E-state index in [-0.39, 0.29) is 11.8 Å². The average Bonchev–Trinajstić information content (AvgIpc) is 3.05. The smallest absolute Gasteiger partial charge is 0.225 e. The molecule has 0 fully saturated rings. The summed E-state index contributed by atoms with van der Waals surface area (Å²) in [5, 5.41) is 5.28. The Labute approximate surface area is 156 Å². The third-order valence-electron chi connectivity index (χ3n) is 4.67. The van der Waals surface area contributed by atoms with Gasteiger partial charge in [-0.25, -0.2) is 0 Å². The largest absolute Gasteiger partial charge is 0.325 e. The Kier molecular flexibility index (Phi) is 4.40. The van der Waals surface area contributed by atoms with Gasteiger partial charge in [-0.2, -0.15) is 0 Å². The minimum atomic E-state index is 0.0956. The van der Waals surface area contributed by atoms with Crippen molar-refractivity contribution in [2.75, 3.05) is 11.6 Å². The summed E-state index contributed by atoms with van der Waals surface area (Å²) in [5.74, 6) is 0.238. The lowest BCUT2D eigenvalue weighted by molar-refractivity contribution is -0.116. The zero-order chi connectivity index (χ0) is 17.4. The van der Waals surface area contributed by atoms with Gasteiger partial charge in [0, 0.05) is 33.1 Å². The minimum Gasteiger partial charge on any atom is -0.325 e. The van der Waals surface area contributed by atoms with Crippen LogP contribution in [0.2, 0.25) is 0 Å². The second-order valence-corrected chi connectivity index (χ2v) is 8.12. The lowest BCUT2D eigenvalue weighted by atomic mass is 9.89. The van der Waals surface area contributed by atoms with Crippen molar-refractivity contribution in [3.63, 3.8) is 0 Å². The van der Waals surface area contributed by atoms with Crippen molar-refractivity contribution in [2.45, 2.75) is 24.2 Å². The maximum atomic E-state index is 12.4. The van der Waals surface area contributed by atoms with Gasteiger partial charge >= 0.3 is 0 Å². The molecule has 1 atom stereocenters. The fraction of sp³-hybridized carbons (Fsp3) is 0.190. The molecule has 3 aromatic rings. The average molecular weight is 366 g/mol. The molecule has 1 N–H and O–H groups in total. The van der Waals surface area contributed by atoms with E-state index in [0.29, 0.717) is 6.42 Å². The first-order chi connectivity index (χ1) is 12.2. The summed E-state index contributed by atoms with van der Waals surface area (Å²) < 4.78 is 0. The molecule has 4 heteroatoms. The van der Waals surface area contributed by atoms with Gasteiger partial charge in [0.25, 0.3) is 0 Å². The molecule has 0 saturated carbocycles. The van der Waals surface area contributed by atoms with Gasteiger partial charge in [0.1, 0.15) is 0 Å². The van der Waals surface area contributed by atoms with Crippen LogP contribution < -0.4 is 5.32 Å². The number of carbonyl (C=O) groups is 1. The lowest BCUT2D eigenvalue weighted by Crippen LogP contribution is -2.22. The van der Waals surface area contributed by atoms with Crippen LogP contribution in [0.4, 0.5) is 5.69 Å². The number of anilines is 1. The molecule has 1 amide bonds. The number of aryl methyl sites for hydroxylation is 1. The van der Waals surface area contributed by atoms with Crippen LogP contribution in [0.15, 0.2) is 58.8 Å². The van der Waals surface area contributed by atoms with E-state index in [2.05, 4.69) is 72.4 Å². The number of amides is 1. The Balaban J connectivity index is 1.76.